The summed E-state index contributed by atoms with van der Waals surface area (Å²) >= 11 is 0. The Morgan fingerprint density at radius 3 is 1.06 bits per heavy atom. The number of rotatable bonds is 20. The van der Waals surface area contributed by atoms with Gasteiger partial charge < -0.3 is 5.73 Å². The fourth-order valence-corrected chi connectivity index (χ4v) is 13.9. The fourth-order valence-electron chi connectivity index (χ4n) is 13.9. The maximum atomic E-state index is 7.05. The molecule has 16 heteroatoms. The first-order valence-corrected chi connectivity index (χ1v) is 39.2. The van der Waals surface area contributed by atoms with Gasteiger partial charge in [-0.2, -0.15) is 0 Å². The molecule has 0 atom stereocenters. The van der Waals surface area contributed by atoms with E-state index in [0.29, 0.717) is 81.5 Å². The minimum atomic E-state index is 0.523. The van der Waals surface area contributed by atoms with Crippen molar-refractivity contribution >= 4 is 11.4 Å². The number of nitrogens with two attached hydrogens (primary N) is 1. The van der Waals surface area contributed by atoms with Crippen molar-refractivity contribution in [1.29, 1.82) is 0 Å². The summed E-state index contributed by atoms with van der Waals surface area (Å²) in [7, 11) is 0. The Kier molecular flexibility index (Phi) is 22.1. The summed E-state index contributed by atoms with van der Waals surface area (Å²) < 4.78 is 0. The molecule has 0 bridgehead atoms. The Labute approximate surface area is 694 Å². The largest absolute Gasteiger partial charge is 0.398 e. The molecule has 9 heterocycles. The first-order chi connectivity index (χ1) is 59.3. The number of pyridine rings is 6. The van der Waals surface area contributed by atoms with E-state index in [1.807, 2.05) is 303 Å². The van der Waals surface area contributed by atoms with Gasteiger partial charge in [-0.3, -0.25) is 24.9 Å². The molecule has 120 heavy (non-hydrogen) atoms. The van der Waals surface area contributed by atoms with Gasteiger partial charge in [-0.05, 0) is 118 Å². The topological polar surface area (TPSA) is 219 Å². The van der Waals surface area contributed by atoms with Crippen LogP contribution in [0.4, 0.5) is 0 Å². The first-order valence-electron chi connectivity index (χ1n) is 39.2. The highest BCUT2D eigenvalue weighted by Gasteiger charge is 2.21. The van der Waals surface area contributed by atoms with Crippen LogP contribution < -0.4 is 5.73 Å². The first kappa shape index (κ1) is 74.8. The zero-order valence-electron chi connectivity index (χ0n) is 64.8. The van der Waals surface area contributed by atoms with E-state index < -0.39 is 0 Å². The Hall–Kier alpha value is -16.6. The van der Waals surface area contributed by atoms with Gasteiger partial charge in [-0.25, -0.2) is 49.8 Å². The molecule has 19 rings (SSSR count). The van der Waals surface area contributed by atoms with Gasteiger partial charge in [0.25, 0.3) is 0 Å². The molecule has 0 saturated heterocycles. The van der Waals surface area contributed by atoms with E-state index in [0.717, 1.165) is 123 Å². The molecule has 0 saturated carbocycles. The number of hydrogen-bond acceptors (Lipinski definition) is 16. The Morgan fingerprint density at radius 1 is 0.233 bits per heavy atom. The lowest BCUT2D eigenvalue weighted by Crippen LogP contribution is -2.06. The molecule has 0 amide bonds. The summed E-state index contributed by atoms with van der Waals surface area (Å²) in [5, 5.41) is 0. The smallest absolute Gasteiger partial charge is 0.165 e. The molecule has 9 aromatic heterocycles. The zero-order valence-corrected chi connectivity index (χ0v) is 64.8. The van der Waals surface area contributed by atoms with Crippen molar-refractivity contribution in [1.82, 2.24) is 69.8 Å². The molecule has 19 aromatic rings. The molecule has 0 aliphatic carbocycles. The SMILES string of the molecule is N/C(=C\C(=NCc1ccccc1)c1ccccc1)c1ccccc1-c1cc(-c2ccccn2)nc(-c2cc(-c3nc(-c4ccccc4)nc(-c4ccccc4)n3)ccn2)c1.c1ccc(-c2cc(-c3ccc(-c4cc(-c5ccccn5)nc(-c5ccc(-c6nc(-c7ccccc7)nc(-c7ccccc7)n6)cn5)c4)cc3)nc(-c3ccccc3)n2)cc1. The average molecular weight is 1550 g/mol. The van der Waals surface area contributed by atoms with Crippen LogP contribution in [0.2, 0.25) is 0 Å². The molecule has 0 unspecified atom stereocenters. The Balaban J connectivity index is 0.000000165. The van der Waals surface area contributed by atoms with Crippen LogP contribution in [0.5, 0.6) is 0 Å². The molecule has 0 fully saturated rings. The van der Waals surface area contributed by atoms with E-state index in [9.17, 15) is 0 Å². The van der Waals surface area contributed by atoms with E-state index in [1.165, 1.54) is 0 Å². The van der Waals surface area contributed by atoms with E-state index in [2.05, 4.69) is 94.9 Å². The molecule has 0 spiro atoms. The Bertz CT molecular complexity index is 6440. The average Bonchev–Trinajstić information content (AvgIpc) is 0.779. The normalized spacial score (nSPS) is 11.3. The second kappa shape index (κ2) is 35.4. The maximum absolute atomic E-state index is 7.05. The van der Waals surface area contributed by atoms with Crippen LogP contribution in [0.3, 0.4) is 0 Å². The number of aliphatic imine (C=N–C) groups is 1. The van der Waals surface area contributed by atoms with E-state index in [4.69, 9.17) is 70.5 Å². The summed E-state index contributed by atoms with van der Waals surface area (Å²) in [5.41, 5.74) is 30.7. The van der Waals surface area contributed by atoms with E-state index in [-0.39, 0.29) is 0 Å². The highest BCUT2D eigenvalue weighted by molar-refractivity contribution is 6.12. The summed E-state index contributed by atoms with van der Waals surface area (Å²) in [6, 6.07) is 127. The summed E-state index contributed by atoms with van der Waals surface area (Å²) in [6.45, 7) is 0.523. The summed E-state index contributed by atoms with van der Waals surface area (Å²) in [5.74, 6) is 4.09. The third-order valence-electron chi connectivity index (χ3n) is 20.0. The lowest BCUT2D eigenvalue weighted by Gasteiger charge is -2.14. The molecule has 10 aromatic carbocycles. The van der Waals surface area contributed by atoms with Gasteiger partial charge in [-0.15, -0.1) is 0 Å². The van der Waals surface area contributed by atoms with Crippen molar-refractivity contribution in [2.24, 2.45) is 10.7 Å². The van der Waals surface area contributed by atoms with Gasteiger partial charge in [0.05, 0.1) is 69.2 Å². The van der Waals surface area contributed by atoms with Crippen molar-refractivity contribution in [3.63, 3.8) is 0 Å². The van der Waals surface area contributed by atoms with Gasteiger partial charge in [0.15, 0.2) is 40.8 Å². The quantitative estimate of drug-likeness (QED) is 0.0702. The molecule has 0 radical (unpaired) electrons. The van der Waals surface area contributed by atoms with Crippen LogP contribution >= 0.6 is 0 Å². The standard InChI is InChI=1S/C52H34N8.C52H38N8/c1-5-15-36(16-6-1)45-33-46(57-49(56-45)38-17-7-2-8-18-38)37-26-24-35(25-27-37)42-31-47(43-23-13-14-30-53-43)55-48(32-42)44-29-28-41(34-54-44)52-59-50(39-19-9-3-10-20-39)58-51(60-52)40-21-11-4-12-22-40;53-44(34-46(37-19-7-2-8-20-37)56-35-36-17-5-1-6-18-36)43-26-14-13-25-42(43)41-32-48(45-27-15-16-29-54-45)57-49(33-41)47-31-40(28-30-55-47)52-59-50(38-21-9-3-10-22-38)58-51(60-52)39-23-11-4-12-24-39/h1-34H;1-34H,35,53H2/b;44-34-,56-46?. The summed E-state index contributed by atoms with van der Waals surface area (Å²) in [4.78, 5) is 73.7. The number of benzene rings is 10. The predicted octanol–water partition coefficient (Wildman–Crippen LogP) is 22.9. The second-order valence-corrected chi connectivity index (χ2v) is 28.1. The molecular weight excluding hydrogens is 1470 g/mol. The monoisotopic (exact) mass is 1540 g/mol. The molecule has 16 nitrogen and oxygen atoms in total. The third-order valence-corrected chi connectivity index (χ3v) is 20.0. The van der Waals surface area contributed by atoms with Crippen LogP contribution in [-0.2, 0) is 6.54 Å². The highest BCUT2D eigenvalue weighted by Crippen LogP contribution is 2.38. The maximum Gasteiger partial charge on any atom is 0.165 e. The number of nitrogens with zero attached hydrogens (tertiary/aromatic N) is 15. The van der Waals surface area contributed by atoms with Crippen molar-refractivity contribution < 1.29 is 0 Å². The van der Waals surface area contributed by atoms with E-state index >= 15 is 0 Å². The van der Waals surface area contributed by atoms with Crippen LogP contribution in [0, 0.1) is 0 Å². The van der Waals surface area contributed by atoms with Crippen LogP contribution in [0.25, 0.3) is 176 Å². The van der Waals surface area contributed by atoms with Crippen LogP contribution in [0.15, 0.2) is 418 Å². The predicted molar refractivity (Wildman–Crippen MR) is 479 cm³/mol. The van der Waals surface area contributed by atoms with Crippen LogP contribution in [0.1, 0.15) is 16.7 Å². The number of allylic oxidation sites excluding steroid dienone is 1. The van der Waals surface area contributed by atoms with Gasteiger partial charge in [-0.1, -0.05) is 303 Å². The van der Waals surface area contributed by atoms with Crippen LogP contribution in [-0.4, -0.2) is 75.5 Å². The third kappa shape index (κ3) is 17.5. The number of hydrogen-bond donors (Lipinski definition) is 1. The number of aromatic nitrogens is 14. The second-order valence-electron chi connectivity index (χ2n) is 28.1. The highest BCUT2D eigenvalue weighted by atomic mass is 15.0. The molecule has 2 N–H and O–H groups in total. The van der Waals surface area contributed by atoms with Gasteiger partial charge in [0.1, 0.15) is 0 Å². The molecular formula is C104H72N16. The lowest BCUT2D eigenvalue weighted by molar-refractivity contribution is 1.07. The zero-order chi connectivity index (χ0) is 80.6. The minimum Gasteiger partial charge on any atom is -0.398 e. The van der Waals surface area contributed by atoms with Gasteiger partial charge in [0, 0.05) is 86.1 Å². The summed E-state index contributed by atoms with van der Waals surface area (Å²) in [6.07, 6.45) is 9.08. The van der Waals surface area contributed by atoms with Gasteiger partial charge >= 0.3 is 0 Å². The van der Waals surface area contributed by atoms with Crippen molar-refractivity contribution in [2.45, 2.75) is 6.54 Å². The molecule has 0 aliphatic heterocycles. The van der Waals surface area contributed by atoms with Crippen molar-refractivity contribution in [2.75, 3.05) is 0 Å². The van der Waals surface area contributed by atoms with E-state index in [1.54, 1.807) is 24.8 Å². The fraction of sp³-hybridized carbons (Fsp3) is 0.00962. The lowest BCUT2D eigenvalue weighted by atomic mass is 9.95. The minimum absolute atomic E-state index is 0.523. The Morgan fingerprint density at radius 2 is 0.592 bits per heavy atom. The molecule has 568 valence electrons. The van der Waals surface area contributed by atoms with Gasteiger partial charge in [0.2, 0.25) is 0 Å². The van der Waals surface area contributed by atoms with Crippen molar-refractivity contribution in [3.8, 4) is 170 Å². The molecule has 0 aliphatic rings. The van der Waals surface area contributed by atoms with Crippen molar-refractivity contribution in [3.05, 3.63) is 430 Å².